The maximum atomic E-state index is 6.17. The molecule has 0 amide bonds. The van der Waals surface area contributed by atoms with Gasteiger partial charge in [-0.15, -0.1) is 11.6 Å². The number of benzene rings is 1. The molecule has 2 rings (SSSR count). The Hall–Kier alpha value is -1.35. The second kappa shape index (κ2) is 6.71. The van der Waals surface area contributed by atoms with Crippen molar-refractivity contribution < 1.29 is 9.47 Å². The highest BCUT2D eigenvalue weighted by Crippen LogP contribution is 2.28. The number of rotatable bonds is 4. The summed E-state index contributed by atoms with van der Waals surface area (Å²) in [6.07, 6.45) is 6.46. The number of hydrogen-bond donors (Lipinski definition) is 0. The van der Waals surface area contributed by atoms with Gasteiger partial charge in [0.15, 0.2) is 11.5 Å². The molecule has 104 valence electrons. The van der Waals surface area contributed by atoms with Crippen LogP contribution in [0, 0.1) is 0 Å². The second-order valence-corrected chi connectivity index (χ2v) is 5.28. The highest BCUT2D eigenvalue weighted by molar-refractivity contribution is 6.20. The number of methoxy groups -OCH3 is 2. The molecule has 4 heteroatoms. The minimum atomic E-state index is 0.267. The fourth-order valence-electron chi connectivity index (χ4n) is 2.24. The van der Waals surface area contributed by atoms with Crippen molar-refractivity contribution in [2.24, 2.45) is 0 Å². The van der Waals surface area contributed by atoms with Crippen LogP contribution in [0.1, 0.15) is 18.4 Å². The fourth-order valence-corrected chi connectivity index (χ4v) is 2.57. The van der Waals surface area contributed by atoms with E-state index in [1.54, 1.807) is 14.2 Å². The average molecular weight is 282 g/mol. The Morgan fingerprint density at radius 2 is 2.05 bits per heavy atom. The zero-order valence-electron chi connectivity index (χ0n) is 11.4. The van der Waals surface area contributed by atoms with Gasteiger partial charge in [0.1, 0.15) is 0 Å². The van der Waals surface area contributed by atoms with Crippen molar-refractivity contribution in [1.82, 2.24) is 4.90 Å². The Morgan fingerprint density at radius 3 is 2.74 bits per heavy atom. The Balaban J connectivity index is 2.05. The van der Waals surface area contributed by atoms with Crippen LogP contribution in [0.4, 0.5) is 0 Å². The summed E-state index contributed by atoms with van der Waals surface area (Å²) in [6, 6.07) is 5.90. The molecule has 1 heterocycles. The van der Waals surface area contributed by atoms with Crippen molar-refractivity contribution in [2.45, 2.75) is 18.2 Å². The van der Waals surface area contributed by atoms with Gasteiger partial charge in [0.05, 0.1) is 19.6 Å². The molecule has 1 aliphatic rings. The van der Waals surface area contributed by atoms with Crippen molar-refractivity contribution in [3.8, 4) is 11.5 Å². The van der Waals surface area contributed by atoms with E-state index in [9.17, 15) is 0 Å². The molecule has 0 radical (unpaired) electrons. The normalized spacial score (nSPS) is 19.7. The number of nitrogens with zero attached hydrogens (tertiary/aromatic N) is 1. The quantitative estimate of drug-likeness (QED) is 0.790. The van der Waals surface area contributed by atoms with Gasteiger partial charge in [0.25, 0.3) is 0 Å². The Labute approximate surface area is 119 Å². The van der Waals surface area contributed by atoms with Crippen LogP contribution in [0.2, 0.25) is 0 Å². The summed E-state index contributed by atoms with van der Waals surface area (Å²) in [5.41, 5.74) is 1.09. The van der Waals surface area contributed by atoms with Crippen LogP contribution in [-0.2, 0) is 0 Å². The summed E-state index contributed by atoms with van der Waals surface area (Å²) in [7, 11) is 3.29. The van der Waals surface area contributed by atoms with Gasteiger partial charge in [-0.1, -0.05) is 6.07 Å². The Kier molecular flexibility index (Phi) is 4.97. The molecule has 0 spiro atoms. The van der Waals surface area contributed by atoms with Gasteiger partial charge in [-0.25, -0.2) is 0 Å². The molecular weight excluding hydrogens is 262 g/mol. The van der Waals surface area contributed by atoms with E-state index in [1.165, 1.54) is 0 Å². The molecule has 1 aliphatic heterocycles. The van der Waals surface area contributed by atoms with E-state index in [4.69, 9.17) is 21.1 Å². The van der Waals surface area contributed by atoms with E-state index in [1.807, 2.05) is 18.2 Å². The zero-order valence-corrected chi connectivity index (χ0v) is 12.2. The van der Waals surface area contributed by atoms with Gasteiger partial charge in [-0.05, 0) is 42.8 Å². The van der Waals surface area contributed by atoms with Crippen LogP contribution in [0.3, 0.4) is 0 Å². The van der Waals surface area contributed by atoms with Gasteiger partial charge in [-0.3, -0.25) is 0 Å². The summed E-state index contributed by atoms with van der Waals surface area (Å²) in [5.74, 6) is 1.50. The average Bonchev–Trinajstić information content (AvgIpc) is 2.45. The number of hydrogen-bond acceptors (Lipinski definition) is 3. The molecule has 1 aromatic carbocycles. The summed E-state index contributed by atoms with van der Waals surface area (Å²) in [4.78, 5) is 2.26. The number of alkyl halides is 1. The molecule has 1 atom stereocenters. The molecule has 0 bridgehead atoms. The molecule has 3 nitrogen and oxygen atoms in total. The van der Waals surface area contributed by atoms with Crippen LogP contribution in [-0.4, -0.2) is 37.6 Å². The third-order valence-electron chi connectivity index (χ3n) is 3.28. The predicted molar refractivity (Wildman–Crippen MR) is 79.0 cm³/mol. The zero-order chi connectivity index (χ0) is 13.7. The predicted octanol–water partition coefficient (Wildman–Crippen LogP) is 3.38. The summed E-state index contributed by atoms with van der Waals surface area (Å²) in [6.45, 7) is 2.00. The van der Waals surface area contributed by atoms with Crippen molar-refractivity contribution in [3.63, 3.8) is 0 Å². The first kappa shape index (κ1) is 14.1. The van der Waals surface area contributed by atoms with Gasteiger partial charge in [0.2, 0.25) is 0 Å². The Morgan fingerprint density at radius 1 is 1.26 bits per heavy atom. The van der Waals surface area contributed by atoms with E-state index in [2.05, 4.69) is 17.2 Å². The maximum Gasteiger partial charge on any atom is 0.161 e. The van der Waals surface area contributed by atoms with Crippen molar-refractivity contribution in [1.29, 1.82) is 0 Å². The van der Waals surface area contributed by atoms with Crippen LogP contribution in [0.5, 0.6) is 11.5 Å². The topological polar surface area (TPSA) is 21.7 Å². The van der Waals surface area contributed by atoms with Crippen LogP contribution in [0.25, 0.3) is 6.08 Å². The first-order chi connectivity index (χ1) is 9.22. The Bertz CT molecular complexity index is 448. The van der Waals surface area contributed by atoms with Gasteiger partial charge >= 0.3 is 0 Å². The highest BCUT2D eigenvalue weighted by Gasteiger charge is 2.14. The van der Waals surface area contributed by atoms with E-state index in [-0.39, 0.29) is 5.38 Å². The van der Waals surface area contributed by atoms with Gasteiger partial charge in [-0.2, -0.15) is 0 Å². The maximum absolute atomic E-state index is 6.17. The third kappa shape index (κ3) is 3.80. The van der Waals surface area contributed by atoms with Crippen LogP contribution in [0.15, 0.2) is 24.4 Å². The molecular formula is C15H20ClNO2. The van der Waals surface area contributed by atoms with Gasteiger partial charge < -0.3 is 14.4 Å². The van der Waals surface area contributed by atoms with E-state index in [0.717, 1.165) is 43.0 Å². The molecule has 0 N–H and O–H groups in total. The lowest BCUT2D eigenvalue weighted by Crippen LogP contribution is -2.31. The summed E-state index contributed by atoms with van der Waals surface area (Å²) < 4.78 is 10.5. The van der Waals surface area contributed by atoms with Crippen molar-refractivity contribution in [3.05, 3.63) is 30.0 Å². The van der Waals surface area contributed by atoms with E-state index < -0.39 is 0 Å². The highest BCUT2D eigenvalue weighted by atomic mass is 35.5. The van der Waals surface area contributed by atoms with Crippen LogP contribution >= 0.6 is 11.6 Å². The molecule has 1 saturated heterocycles. The smallest absolute Gasteiger partial charge is 0.161 e. The van der Waals surface area contributed by atoms with Crippen molar-refractivity contribution in [2.75, 3.05) is 27.3 Å². The number of likely N-dealkylation sites (tertiary alicyclic amines) is 1. The molecule has 19 heavy (non-hydrogen) atoms. The number of halogens is 1. The van der Waals surface area contributed by atoms with Crippen LogP contribution < -0.4 is 9.47 Å². The first-order valence-corrected chi connectivity index (χ1v) is 6.95. The fraction of sp³-hybridized carbons (Fsp3) is 0.467. The number of piperidine rings is 1. The lowest BCUT2D eigenvalue weighted by Gasteiger charge is -2.28. The molecule has 0 saturated carbocycles. The molecule has 1 fully saturated rings. The molecule has 0 aliphatic carbocycles. The number of ether oxygens (including phenoxy) is 2. The molecule has 1 aromatic rings. The first-order valence-electron chi connectivity index (χ1n) is 6.51. The minimum absolute atomic E-state index is 0.267. The largest absolute Gasteiger partial charge is 0.493 e. The SMILES string of the molecule is COc1ccc(C=CN2CCC[C@H](Cl)C2)cc1OC. The lowest BCUT2D eigenvalue weighted by atomic mass is 10.1. The third-order valence-corrected chi connectivity index (χ3v) is 3.64. The summed E-state index contributed by atoms with van der Waals surface area (Å²) >= 11 is 6.17. The summed E-state index contributed by atoms with van der Waals surface area (Å²) in [5, 5.41) is 0.267. The van der Waals surface area contributed by atoms with Crippen molar-refractivity contribution >= 4 is 17.7 Å². The van der Waals surface area contributed by atoms with Gasteiger partial charge in [0, 0.05) is 13.1 Å². The van der Waals surface area contributed by atoms with E-state index in [0.29, 0.717) is 0 Å². The second-order valence-electron chi connectivity index (χ2n) is 4.66. The lowest BCUT2D eigenvalue weighted by molar-refractivity contribution is 0.315. The molecule has 0 unspecified atom stereocenters. The monoisotopic (exact) mass is 281 g/mol. The van der Waals surface area contributed by atoms with E-state index >= 15 is 0 Å². The molecule has 0 aromatic heterocycles. The standard InChI is InChI=1S/C15H20ClNO2/c1-18-14-6-5-12(10-15(14)19-2)7-9-17-8-3-4-13(16)11-17/h5-7,9-10,13H,3-4,8,11H2,1-2H3/t13-/m0/s1. The minimum Gasteiger partial charge on any atom is -0.493 e.